The van der Waals surface area contributed by atoms with E-state index in [1.54, 1.807) is 5.56 Å². The Labute approximate surface area is 150 Å². The summed E-state index contributed by atoms with van der Waals surface area (Å²) in [5.74, 6) is 1.94. The molecule has 0 aromatic heterocycles. The maximum absolute atomic E-state index is 9.22. The zero-order valence-corrected chi connectivity index (χ0v) is 15.3. The molecule has 3 fully saturated rings. The summed E-state index contributed by atoms with van der Waals surface area (Å²) >= 11 is 0. The average Bonchev–Trinajstić information content (AvgIpc) is 3.21. The van der Waals surface area contributed by atoms with Gasteiger partial charge in [-0.15, -0.1) is 0 Å². The highest BCUT2D eigenvalue weighted by atomic mass is 16.7. The van der Waals surface area contributed by atoms with Crippen LogP contribution in [0.1, 0.15) is 61.6 Å². The number of aliphatic hydroxyl groups excluding tert-OH is 1. The van der Waals surface area contributed by atoms with Crippen LogP contribution in [0, 0.1) is 17.3 Å². The van der Waals surface area contributed by atoms with E-state index >= 15 is 0 Å². The molecule has 3 aliphatic carbocycles. The Hall–Kier alpha value is -0.900. The van der Waals surface area contributed by atoms with Crippen LogP contribution in [-0.2, 0) is 22.3 Å². The molecule has 0 unspecified atom stereocenters. The lowest BCUT2D eigenvalue weighted by Crippen LogP contribution is -2.51. The fourth-order valence-electron chi connectivity index (χ4n) is 6.81. The lowest BCUT2D eigenvalue weighted by atomic mass is 9.55. The van der Waals surface area contributed by atoms with Gasteiger partial charge in [-0.25, -0.2) is 0 Å². The highest BCUT2D eigenvalue weighted by Gasteiger charge is 2.64. The van der Waals surface area contributed by atoms with E-state index in [9.17, 15) is 5.11 Å². The van der Waals surface area contributed by atoms with Crippen molar-refractivity contribution in [2.75, 3.05) is 19.8 Å². The van der Waals surface area contributed by atoms with Crippen molar-refractivity contribution in [2.24, 2.45) is 17.3 Å². The van der Waals surface area contributed by atoms with Crippen molar-refractivity contribution in [3.8, 4) is 0 Å². The molecule has 1 spiro atoms. The minimum Gasteiger partial charge on any atom is -0.396 e. The summed E-state index contributed by atoms with van der Waals surface area (Å²) in [7, 11) is 0. The number of aliphatic hydroxyl groups is 1. The molecule has 0 amide bonds. The molecule has 3 heteroatoms. The van der Waals surface area contributed by atoms with E-state index in [4.69, 9.17) is 9.47 Å². The normalized spacial score (nSPS) is 38.4. The third-order valence-electron chi connectivity index (χ3n) is 7.99. The number of aryl methyl sites for hydroxylation is 1. The molecule has 1 saturated heterocycles. The minimum absolute atomic E-state index is 0.193. The van der Waals surface area contributed by atoms with Crippen LogP contribution in [0.5, 0.6) is 0 Å². The molecular formula is C22H30O3. The van der Waals surface area contributed by atoms with E-state index in [0.29, 0.717) is 5.92 Å². The molecule has 5 rings (SSSR count). The molecule has 136 valence electrons. The summed E-state index contributed by atoms with van der Waals surface area (Å²) < 4.78 is 12.4. The first kappa shape index (κ1) is 16.3. The molecule has 1 aromatic rings. The van der Waals surface area contributed by atoms with Crippen LogP contribution < -0.4 is 0 Å². The zero-order chi connectivity index (χ0) is 17.1. The van der Waals surface area contributed by atoms with Crippen molar-refractivity contribution >= 4 is 0 Å². The number of hydrogen-bond acceptors (Lipinski definition) is 3. The first-order valence-corrected chi connectivity index (χ1v) is 10.2. The van der Waals surface area contributed by atoms with Crippen LogP contribution in [0.2, 0.25) is 0 Å². The van der Waals surface area contributed by atoms with Crippen LogP contribution in [0.15, 0.2) is 18.2 Å². The highest BCUT2D eigenvalue weighted by molar-refractivity contribution is 5.38. The third-order valence-corrected chi connectivity index (χ3v) is 7.99. The van der Waals surface area contributed by atoms with Gasteiger partial charge >= 0.3 is 0 Å². The summed E-state index contributed by atoms with van der Waals surface area (Å²) in [6.45, 7) is 4.24. The molecule has 0 bridgehead atoms. The number of benzene rings is 1. The fraction of sp³-hybridized carbons (Fsp3) is 0.727. The molecule has 25 heavy (non-hydrogen) atoms. The third kappa shape index (κ3) is 2.22. The van der Waals surface area contributed by atoms with Crippen molar-refractivity contribution in [3.63, 3.8) is 0 Å². The Morgan fingerprint density at radius 3 is 2.76 bits per heavy atom. The molecule has 4 atom stereocenters. The summed E-state index contributed by atoms with van der Waals surface area (Å²) in [5, 5.41) is 9.22. The van der Waals surface area contributed by atoms with Crippen molar-refractivity contribution < 1.29 is 14.6 Å². The maximum atomic E-state index is 9.22. The Kier molecular flexibility index (Phi) is 3.78. The Balaban J connectivity index is 1.46. The first-order chi connectivity index (χ1) is 12.2. The fourth-order valence-corrected chi connectivity index (χ4v) is 6.81. The lowest BCUT2D eigenvalue weighted by molar-refractivity contribution is -0.237. The smallest absolute Gasteiger partial charge is 0.174 e. The van der Waals surface area contributed by atoms with Gasteiger partial charge in [0.2, 0.25) is 0 Å². The van der Waals surface area contributed by atoms with Crippen molar-refractivity contribution in [1.82, 2.24) is 0 Å². The average molecular weight is 342 g/mol. The predicted molar refractivity (Wildman–Crippen MR) is 96.5 cm³/mol. The van der Waals surface area contributed by atoms with E-state index in [2.05, 4.69) is 25.1 Å². The Morgan fingerprint density at radius 2 is 1.96 bits per heavy atom. The topological polar surface area (TPSA) is 38.7 Å². The number of rotatable bonds is 2. The van der Waals surface area contributed by atoms with Gasteiger partial charge in [0.05, 0.1) is 13.2 Å². The van der Waals surface area contributed by atoms with Gasteiger partial charge in [-0.2, -0.15) is 0 Å². The van der Waals surface area contributed by atoms with Crippen LogP contribution >= 0.6 is 0 Å². The predicted octanol–water partition coefficient (Wildman–Crippen LogP) is 3.82. The van der Waals surface area contributed by atoms with Crippen molar-refractivity contribution in [1.29, 1.82) is 0 Å². The molecule has 4 aliphatic rings. The molecule has 3 nitrogen and oxygen atoms in total. The Morgan fingerprint density at radius 1 is 1.12 bits per heavy atom. The molecule has 0 radical (unpaired) electrons. The maximum Gasteiger partial charge on any atom is 0.174 e. The van der Waals surface area contributed by atoms with E-state index < -0.39 is 0 Å². The van der Waals surface area contributed by atoms with E-state index in [0.717, 1.165) is 37.9 Å². The molecule has 1 N–H and O–H groups in total. The van der Waals surface area contributed by atoms with Crippen LogP contribution in [0.25, 0.3) is 0 Å². The second kappa shape index (κ2) is 5.80. The number of ether oxygens (including phenoxy) is 2. The summed E-state index contributed by atoms with van der Waals surface area (Å²) in [6.07, 6.45) is 8.09. The van der Waals surface area contributed by atoms with Crippen molar-refractivity contribution in [3.05, 3.63) is 34.9 Å². The van der Waals surface area contributed by atoms with E-state index in [1.807, 2.05) is 0 Å². The van der Waals surface area contributed by atoms with Gasteiger partial charge < -0.3 is 14.6 Å². The molecule has 1 aromatic carbocycles. The monoisotopic (exact) mass is 342 g/mol. The summed E-state index contributed by atoms with van der Waals surface area (Å²) in [5.41, 5.74) is 4.61. The second-order valence-corrected chi connectivity index (χ2v) is 8.87. The number of hydrogen-bond donors (Lipinski definition) is 1. The van der Waals surface area contributed by atoms with Crippen LogP contribution in [0.3, 0.4) is 0 Å². The molecule has 1 aliphatic heterocycles. The SMILES string of the molecule is C[C@]12CC[C@@H]3c4ccc(CCO)cc4CC[C@H]3[C@@H]1CCC21OCCO1. The largest absolute Gasteiger partial charge is 0.396 e. The van der Waals surface area contributed by atoms with Crippen molar-refractivity contribution in [2.45, 2.75) is 63.6 Å². The van der Waals surface area contributed by atoms with Gasteiger partial charge in [0.25, 0.3) is 0 Å². The van der Waals surface area contributed by atoms with Gasteiger partial charge in [0, 0.05) is 18.4 Å². The van der Waals surface area contributed by atoms with Crippen LogP contribution in [-0.4, -0.2) is 30.7 Å². The second-order valence-electron chi connectivity index (χ2n) is 8.87. The lowest BCUT2D eigenvalue weighted by Gasteiger charge is -2.52. The Bertz CT molecular complexity index is 663. The van der Waals surface area contributed by atoms with E-state index in [-0.39, 0.29) is 17.8 Å². The first-order valence-electron chi connectivity index (χ1n) is 10.2. The van der Waals surface area contributed by atoms with Crippen LogP contribution in [0.4, 0.5) is 0 Å². The van der Waals surface area contributed by atoms with Gasteiger partial charge in [0.15, 0.2) is 5.79 Å². The molecular weight excluding hydrogens is 312 g/mol. The van der Waals surface area contributed by atoms with Gasteiger partial charge in [-0.05, 0) is 73.0 Å². The van der Waals surface area contributed by atoms with Gasteiger partial charge in [0.1, 0.15) is 0 Å². The summed E-state index contributed by atoms with van der Waals surface area (Å²) in [6, 6.07) is 6.96. The standard InChI is InChI=1S/C22H30O3/c1-21-9-6-18-17-4-2-15(8-11-23)14-16(17)3-5-19(18)20(21)7-10-22(21)24-12-13-25-22/h2,4,14,18-20,23H,3,5-13H2,1H3/t18-,19-,20+,21+/m1/s1. The van der Waals surface area contributed by atoms with E-state index in [1.165, 1.54) is 43.2 Å². The molecule has 1 heterocycles. The number of fused-ring (bicyclic) bond motifs is 6. The minimum atomic E-state index is -0.284. The summed E-state index contributed by atoms with van der Waals surface area (Å²) in [4.78, 5) is 0. The molecule has 2 saturated carbocycles. The van der Waals surface area contributed by atoms with Gasteiger partial charge in [-0.3, -0.25) is 0 Å². The quantitative estimate of drug-likeness (QED) is 0.888. The highest BCUT2D eigenvalue weighted by Crippen LogP contribution is 2.66. The zero-order valence-electron chi connectivity index (χ0n) is 15.3. The van der Waals surface area contributed by atoms with Gasteiger partial charge in [-0.1, -0.05) is 25.1 Å².